The van der Waals surface area contributed by atoms with Gasteiger partial charge in [-0.25, -0.2) is 9.59 Å². The van der Waals surface area contributed by atoms with Crippen LogP contribution in [0.3, 0.4) is 0 Å². The van der Waals surface area contributed by atoms with E-state index in [9.17, 15) is 24.6 Å². The number of rotatable bonds is 6. The van der Waals surface area contributed by atoms with E-state index in [1.165, 1.54) is 19.4 Å². The van der Waals surface area contributed by atoms with Gasteiger partial charge in [0.2, 0.25) is 5.78 Å². The Labute approximate surface area is 172 Å². The number of ether oxygens (including phenoxy) is 2. The smallest absolute Gasteiger partial charge is 0.330 e. The fourth-order valence-corrected chi connectivity index (χ4v) is 3.29. The van der Waals surface area contributed by atoms with Gasteiger partial charge in [-0.05, 0) is 6.08 Å². The largest absolute Gasteiger partial charge is 0.466 e. The minimum atomic E-state index is -1.95. The van der Waals surface area contributed by atoms with Crippen LogP contribution >= 0.6 is 0 Å². The maximum absolute atomic E-state index is 13.1. The molecule has 1 aromatic carbocycles. The molecular weight excluding hydrogens is 394 g/mol. The van der Waals surface area contributed by atoms with Gasteiger partial charge >= 0.3 is 12.0 Å². The van der Waals surface area contributed by atoms with Gasteiger partial charge in [0.1, 0.15) is 12.3 Å². The van der Waals surface area contributed by atoms with Crippen molar-refractivity contribution in [2.45, 2.75) is 30.5 Å². The molecule has 2 aliphatic heterocycles. The molecule has 0 aromatic heterocycles. The van der Waals surface area contributed by atoms with E-state index in [1.54, 1.807) is 30.3 Å². The van der Waals surface area contributed by atoms with E-state index < -0.39 is 48.5 Å². The summed E-state index contributed by atoms with van der Waals surface area (Å²) in [5, 5.41) is 21.7. The number of aliphatic hydroxyl groups is 2. The van der Waals surface area contributed by atoms with Crippen molar-refractivity contribution in [2.24, 2.45) is 5.73 Å². The second-order valence-electron chi connectivity index (χ2n) is 6.90. The summed E-state index contributed by atoms with van der Waals surface area (Å²) in [6.07, 6.45) is 0.974. The molecule has 30 heavy (non-hydrogen) atoms. The third-order valence-electron chi connectivity index (χ3n) is 4.96. The van der Waals surface area contributed by atoms with E-state index in [2.05, 4.69) is 10.1 Å². The van der Waals surface area contributed by atoms with Crippen molar-refractivity contribution in [3.63, 3.8) is 0 Å². The van der Waals surface area contributed by atoms with Gasteiger partial charge in [0, 0.05) is 29.8 Å². The molecule has 0 saturated carbocycles. The molecule has 1 unspecified atom stereocenters. The van der Waals surface area contributed by atoms with Gasteiger partial charge < -0.3 is 25.0 Å². The molecule has 4 atom stereocenters. The Bertz CT molecular complexity index is 886. The lowest BCUT2D eigenvalue weighted by molar-refractivity contribution is -0.134. The number of carbonyl (C=O) groups excluding carboxylic acids is 3. The molecule has 5 N–H and O–H groups in total. The number of nitrogens with zero attached hydrogens (tertiary/aromatic N) is 1. The van der Waals surface area contributed by atoms with Gasteiger partial charge in [0.15, 0.2) is 5.66 Å². The van der Waals surface area contributed by atoms with Crippen LogP contribution in [0.25, 0.3) is 0 Å². The highest BCUT2D eigenvalue weighted by atomic mass is 16.5. The maximum Gasteiger partial charge on any atom is 0.330 e. The summed E-state index contributed by atoms with van der Waals surface area (Å²) < 4.78 is 10.1. The van der Waals surface area contributed by atoms with E-state index in [-0.39, 0.29) is 17.6 Å². The monoisotopic (exact) mass is 417 g/mol. The molecule has 10 nitrogen and oxygen atoms in total. The molecule has 3 rings (SSSR count). The Kier molecular flexibility index (Phi) is 6.32. The number of Topliss-reactive ketones (excluding diaryl/α,β-unsaturated/α-hetero) is 1. The van der Waals surface area contributed by atoms with E-state index >= 15 is 0 Å². The average molecular weight is 417 g/mol. The number of nitrogens with one attached hydrogen (secondary N) is 1. The Hall–Kier alpha value is -3.05. The predicted octanol–water partition coefficient (Wildman–Crippen LogP) is -0.369. The van der Waals surface area contributed by atoms with Gasteiger partial charge in [-0.2, -0.15) is 0 Å². The Balaban J connectivity index is 1.99. The number of hydrogen-bond acceptors (Lipinski definition) is 8. The fraction of sp³-hybridized carbons (Fsp3) is 0.350. The lowest BCUT2D eigenvalue weighted by atomic mass is 9.89. The molecule has 0 bridgehead atoms. The summed E-state index contributed by atoms with van der Waals surface area (Å²) >= 11 is 0. The van der Waals surface area contributed by atoms with E-state index in [0.717, 1.165) is 11.0 Å². The van der Waals surface area contributed by atoms with Gasteiger partial charge in [-0.15, -0.1) is 0 Å². The number of amides is 2. The minimum Gasteiger partial charge on any atom is -0.466 e. The van der Waals surface area contributed by atoms with Crippen LogP contribution in [0.1, 0.15) is 16.8 Å². The molecule has 0 spiro atoms. The average Bonchev–Trinajstić information content (AvgIpc) is 3.13. The van der Waals surface area contributed by atoms with Crippen molar-refractivity contribution in [3.8, 4) is 0 Å². The molecule has 0 radical (unpaired) electrons. The molecule has 0 aliphatic carbocycles. The van der Waals surface area contributed by atoms with Crippen LogP contribution in [-0.2, 0) is 14.3 Å². The Morgan fingerprint density at radius 3 is 2.70 bits per heavy atom. The van der Waals surface area contributed by atoms with E-state index in [0.29, 0.717) is 0 Å². The number of benzene rings is 1. The molecule has 2 heterocycles. The number of urea groups is 1. The van der Waals surface area contributed by atoms with Crippen molar-refractivity contribution >= 4 is 17.8 Å². The molecule has 2 aliphatic rings. The first kappa shape index (κ1) is 21.7. The van der Waals surface area contributed by atoms with Crippen LogP contribution in [0.15, 0.2) is 54.3 Å². The first-order chi connectivity index (χ1) is 14.3. The normalized spacial score (nSPS) is 28.9. The minimum absolute atomic E-state index is 0.0490. The number of methoxy groups -OCH3 is 1. The molecule has 2 amide bonds. The number of esters is 1. The van der Waals surface area contributed by atoms with Crippen LogP contribution in [0, 0.1) is 0 Å². The molecule has 1 saturated heterocycles. The molecular formula is C20H23N3O7. The third kappa shape index (κ3) is 4.12. The van der Waals surface area contributed by atoms with E-state index in [4.69, 9.17) is 10.5 Å². The lowest BCUT2D eigenvalue weighted by Gasteiger charge is -2.39. The van der Waals surface area contributed by atoms with Crippen molar-refractivity contribution in [3.05, 3.63) is 59.8 Å². The van der Waals surface area contributed by atoms with Crippen molar-refractivity contribution in [1.82, 2.24) is 10.2 Å². The quantitative estimate of drug-likeness (QED) is 0.278. The number of hydrogen-bond donors (Lipinski definition) is 4. The first-order valence-electron chi connectivity index (χ1n) is 9.22. The molecule has 1 aromatic rings. The number of ketones is 1. The fourth-order valence-electron chi connectivity index (χ4n) is 3.29. The predicted molar refractivity (Wildman–Crippen MR) is 104 cm³/mol. The molecule has 1 fully saturated rings. The number of nitrogens with two attached hydrogens (primary N) is 1. The Morgan fingerprint density at radius 2 is 2.10 bits per heavy atom. The maximum atomic E-state index is 13.1. The summed E-state index contributed by atoms with van der Waals surface area (Å²) in [6.45, 7) is -0.417. The summed E-state index contributed by atoms with van der Waals surface area (Å²) in [4.78, 5) is 38.6. The third-order valence-corrected chi connectivity index (χ3v) is 4.96. The van der Waals surface area contributed by atoms with Gasteiger partial charge in [-0.1, -0.05) is 30.3 Å². The highest BCUT2D eigenvalue weighted by Crippen LogP contribution is 2.29. The summed E-state index contributed by atoms with van der Waals surface area (Å²) in [6, 6.07) is 7.43. The summed E-state index contributed by atoms with van der Waals surface area (Å²) in [7, 11) is 1.20. The van der Waals surface area contributed by atoms with Crippen molar-refractivity contribution < 1.29 is 34.1 Å². The zero-order valence-electron chi connectivity index (χ0n) is 16.2. The van der Waals surface area contributed by atoms with Crippen LogP contribution in [0.2, 0.25) is 0 Å². The number of aliphatic hydroxyl groups excluding tert-OH is 2. The van der Waals surface area contributed by atoms with E-state index in [1.807, 2.05) is 0 Å². The zero-order chi connectivity index (χ0) is 21.9. The van der Waals surface area contributed by atoms with Crippen molar-refractivity contribution in [2.75, 3.05) is 13.7 Å². The van der Waals surface area contributed by atoms with Crippen LogP contribution in [0.4, 0.5) is 4.79 Å². The molecule has 10 heteroatoms. The zero-order valence-corrected chi connectivity index (χ0v) is 16.2. The first-order valence-corrected chi connectivity index (χ1v) is 9.22. The topological polar surface area (TPSA) is 151 Å². The lowest BCUT2D eigenvalue weighted by Crippen LogP contribution is -2.67. The van der Waals surface area contributed by atoms with Crippen LogP contribution in [-0.4, -0.2) is 70.7 Å². The highest BCUT2D eigenvalue weighted by molar-refractivity contribution is 6.08. The summed E-state index contributed by atoms with van der Waals surface area (Å²) in [5.41, 5.74) is 4.74. The highest BCUT2D eigenvalue weighted by Gasteiger charge is 2.47. The van der Waals surface area contributed by atoms with Crippen LogP contribution < -0.4 is 11.1 Å². The SMILES string of the molecule is COC(=O)C=CC1=CN([C@H]2C[C@H](O)[C@@H](CO)O2)C(=O)NC1(N)C(=O)c1ccccc1. The Morgan fingerprint density at radius 1 is 1.40 bits per heavy atom. The molecule has 160 valence electrons. The van der Waals surface area contributed by atoms with Crippen molar-refractivity contribution in [1.29, 1.82) is 0 Å². The second-order valence-corrected chi connectivity index (χ2v) is 6.90. The van der Waals surface area contributed by atoms with Gasteiger partial charge in [0.25, 0.3) is 0 Å². The van der Waals surface area contributed by atoms with Gasteiger partial charge in [0.05, 0.1) is 19.8 Å². The number of carbonyl (C=O) groups is 3. The summed E-state index contributed by atoms with van der Waals surface area (Å²) in [5.74, 6) is -1.26. The van der Waals surface area contributed by atoms with Gasteiger partial charge in [-0.3, -0.25) is 15.4 Å². The second kappa shape index (κ2) is 8.76. The standard InChI is InChI=1S/C20H23N3O7/c1-29-17(26)8-7-13-10-23(16-9-14(25)15(11-24)30-16)19(28)22-20(13,21)18(27)12-5-3-2-4-6-12/h2-8,10,14-16,24-25H,9,11,21H2,1H3,(H,22,28)/t14-,15+,16+,20?/m0/s1. The van der Waals surface area contributed by atoms with Crippen LogP contribution in [0.5, 0.6) is 0 Å².